The fraction of sp³-hybridized carbons (Fsp3) is 0.571. The molecule has 1 atom stereocenters. The Labute approximate surface area is 114 Å². The van der Waals surface area contributed by atoms with Crippen LogP contribution in [0.1, 0.15) is 42.3 Å². The lowest BCUT2D eigenvalue weighted by Gasteiger charge is -2.17. The number of hydrogen-bond acceptors (Lipinski definition) is 4. The predicted octanol–water partition coefficient (Wildman–Crippen LogP) is 2.31. The average Bonchev–Trinajstić information content (AvgIpc) is 2.91. The van der Waals surface area contributed by atoms with Gasteiger partial charge in [-0.15, -0.1) is 0 Å². The van der Waals surface area contributed by atoms with Gasteiger partial charge >= 0.3 is 0 Å². The van der Waals surface area contributed by atoms with Gasteiger partial charge in [0.2, 0.25) is 0 Å². The van der Waals surface area contributed by atoms with E-state index in [0.29, 0.717) is 0 Å². The molecule has 5 heteroatoms. The maximum absolute atomic E-state index is 5.64. The van der Waals surface area contributed by atoms with Crippen molar-refractivity contribution in [2.45, 2.75) is 39.7 Å². The van der Waals surface area contributed by atoms with Crippen molar-refractivity contribution >= 4 is 0 Å². The van der Waals surface area contributed by atoms with E-state index in [2.05, 4.69) is 28.4 Å². The van der Waals surface area contributed by atoms with Gasteiger partial charge in [0.15, 0.2) is 0 Å². The van der Waals surface area contributed by atoms with Crippen molar-refractivity contribution < 1.29 is 4.42 Å². The van der Waals surface area contributed by atoms with Crippen LogP contribution in [0.4, 0.5) is 0 Å². The number of aryl methyl sites for hydroxylation is 3. The molecule has 0 aliphatic heterocycles. The molecule has 0 aliphatic carbocycles. The van der Waals surface area contributed by atoms with Crippen molar-refractivity contribution in [1.29, 1.82) is 0 Å². The second kappa shape index (κ2) is 6.02. The Hall–Kier alpha value is -1.62. The Morgan fingerprint density at radius 3 is 2.74 bits per heavy atom. The van der Waals surface area contributed by atoms with E-state index in [1.807, 2.05) is 25.6 Å². The van der Waals surface area contributed by atoms with Crippen LogP contribution in [0.15, 0.2) is 16.8 Å². The first-order valence-corrected chi connectivity index (χ1v) is 6.75. The van der Waals surface area contributed by atoms with Gasteiger partial charge in [-0.1, -0.05) is 6.92 Å². The molecule has 0 bridgehead atoms. The number of nitrogens with one attached hydrogen (secondary N) is 1. The zero-order chi connectivity index (χ0) is 13.8. The van der Waals surface area contributed by atoms with E-state index >= 15 is 0 Å². The third-order valence-corrected chi connectivity index (χ3v) is 3.29. The summed E-state index contributed by atoms with van der Waals surface area (Å²) >= 11 is 0. The summed E-state index contributed by atoms with van der Waals surface area (Å²) < 4.78 is 7.46. The molecule has 0 fully saturated rings. The van der Waals surface area contributed by atoms with Crippen LogP contribution in [0.5, 0.6) is 0 Å². The summed E-state index contributed by atoms with van der Waals surface area (Å²) in [7, 11) is 1.92. The van der Waals surface area contributed by atoms with Crippen LogP contribution in [0.25, 0.3) is 0 Å². The van der Waals surface area contributed by atoms with Crippen molar-refractivity contribution in [3.8, 4) is 0 Å². The summed E-state index contributed by atoms with van der Waals surface area (Å²) in [5.74, 6) is 2.91. The quantitative estimate of drug-likeness (QED) is 0.868. The van der Waals surface area contributed by atoms with Crippen LogP contribution in [0.2, 0.25) is 0 Å². The molecule has 2 heterocycles. The number of hydrogen-bond donors (Lipinski definition) is 1. The molecule has 0 spiro atoms. The van der Waals surface area contributed by atoms with E-state index < -0.39 is 0 Å². The average molecular weight is 262 g/mol. The molecule has 2 aromatic rings. The molecule has 1 N–H and O–H groups in total. The van der Waals surface area contributed by atoms with Crippen LogP contribution < -0.4 is 5.32 Å². The van der Waals surface area contributed by atoms with Gasteiger partial charge in [-0.05, 0) is 32.9 Å². The van der Waals surface area contributed by atoms with Gasteiger partial charge in [0.05, 0.1) is 0 Å². The summed E-state index contributed by atoms with van der Waals surface area (Å²) in [6.45, 7) is 7.14. The molecule has 0 aliphatic rings. The fourth-order valence-corrected chi connectivity index (χ4v) is 2.29. The number of aromatic nitrogens is 3. The van der Waals surface area contributed by atoms with Crippen molar-refractivity contribution in [2.75, 3.05) is 6.54 Å². The van der Waals surface area contributed by atoms with Crippen molar-refractivity contribution in [2.24, 2.45) is 7.05 Å². The molecule has 1 unspecified atom stereocenters. The Bertz CT molecular complexity index is 529. The predicted molar refractivity (Wildman–Crippen MR) is 73.9 cm³/mol. The summed E-state index contributed by atoms with van der Waals surface area (Å²) in [5.41, 5.74) is 1.22. The molecule has 0 amide bonds. The molecule has 5 nitrogen and oxygen atoms in total. The summed E-state index contributed by atoms with van der Waals surface area (Å²) in [6, 6.07) is 2.33. The minimum Gasteiger partial charge on any atom is -0.466 e. The van der Waals surface area contributed by atoms with Gasteiger partial charge in [-0.2, -0.15) is 5.10 Å². The second-order valence-corrected chi connectivity index (χ2v) is 4.88. The molecule has 2 rings (SSSR count). The zero-order valence-corrected chi connectivity index (χ0v) is 12.1. The standard InChI is InChI=1S/C14H22N4O/c1-5-6-15-13(8-14-16-9-17-18(14)4)12-7-10(2)19-11(12)3/h7,9,13,15H,5-6,8H2,1-4H3. The van der Waals surface area contributed by atoms with E-state index in [1.54, 1.807) is 6.33 Å². The van der Waals surface area contributed by atoms with Gasteiger partial charge in [-0.25, -0.2) is 4.98 Å². The largest absolute Gasteiger partial charge is 0.466 e. The Balaban J connectivity index is 2.20. The van der Waals surface area contributed by atoms with Crippen molar-refractivity contribution in [3.05, 3.63) is 35.3 Å². The molecular weight excluding hydrogens is 240 g/mol. The van der Waals surface area contributed by atoms with Gasteiger partial charge < -0.3 is 9.73 Å². The third-order valence-electron chi connectivity index (χ3n) is 3.29. The van der Waals surface area contributed by atoms with Crippen LogP contribution in [-0.2, 0) is 13.5 Å². The molecule has 0 aromatic carbocycles. The highest BCUT2D eigenvalue weighted by Gasteiger charge is 2.19. The molecule has 2 aromatic heterocycles. The fourth-order valence-electron chi connectivity index (χ4n) is 2.29. The highest BCUT2D eigenvalue weighted by molar-refractivity contribution is 5.25. The second-order valence-electron chi connectivity index (χ2n) is 4.88. The first-order valence-electron chi connectivity index (χ1n) is 6.75. The SMILES string of the molecule is CCCNC(Cc1ncnn1C)c1cc(C)oc1C. The third kappa shape index (κ3) is 3.23. The van der Waals surface area contributed by atoms with Gasteiger partial charge in [-0.3, -0.25) is 4.68 Å². The van der Waals surface area contributed by atoms with Crippen LogP contribution in [-0.4, -0.2) is 21.3 Å². The van der Waals surface area contributed by atoms with E-state index in [-0.39, 0.29) is 6.04 Å². The number of rotatable bonds is 6. The highest BCUT2D eigenvalue weighted by atomic mass is 16.3. The molecule has 0 saturated heterocycles. The minimum atomic E-state index is 0.222. The van der Waals surface area contributed by atoms with Gasteiger partial charge in [0.25, 0.3) is 0 Å². The minimum absolute atomic E-state index is 0.222. The first kappa shape index (κ1) is 13.8. The first-order chi connectivity index (χ1) is 9.11. The van der Waals surface area contributed by atoms with E-state index in [4.69, 9.17) is 4.42 Å². The lowest BCUT2D eigenvalue weighted by Crippen LogP contribution is -2.25. The Morgan fingerprint density at radius 1 is 1.42 bits per heavy atom. The van der Waals surface area contributed by atoms with Gasteiger partial charge in [0.1, 0.15) is 23.7 Å². The van der Waals surface area contributed by atoms with E-state index in [0.717, 1.165) is 36.7 Å². The van der Waals surface area contributed by atoms with Crippen LogP contribution >= 0.6 is 0 Å². The normalized spacial score (nSPS) is 12.8. The van der Waals surface area contributed by atoms with E-state index in [9.17, 15) is 0 Å². The topological polar surface area (TPSA) is 55.9 Å². The van der Waals surface area contributed by atoms with E-state index in [1.165, 1.54) is 5.56 Å². The lowest BCUT2D eigenvalue weighted by molar-refractivity contribution is 0.472. The van der Waals surface area contributed by atoms with Crippen molar-refractivity contribution in [1.82, 2.24) is 20.1 Å². The molecule has 0 radical (unpaired) electrons. The summed E-state index contributed by atoms with van der Waals surface area (Å²) in [5, 5.41) is 7.69. The molecule has 19 heavy (non-hydrogen) atoms. The summed E-state index contributed by atoms with van der Waals surface area (Å²) in [6.07, 6.45) is 3.52. The molecular formula is C14H22N4O. The van der Waals surface area contributed by atoms with Gasteiger partial charge in [0, 0.05) is 25.1 Å². The smallest absolute Gasteiger partial charge is 0.138 e. The Kier molecular flexibility index (Phi) is 4.37. The van der Waals surface area contributed by atoms with Crippen LogP contribution in [0, 0.1) is 13.8 Å². The molecule has 104 valence electrons. The zero-order valence-electron chi connectivity index (χ0n) is 12.1. The monoisotopic (exact) mass is 262 g/mol. The maximum Gasteiger partial charge on any atom is 0.138 e. The summed E-state index contributed by atoms with van der Waals surface area (Å²) in [4.78, 5) is 4.31. The number of nitrogens with zero attached hydrogens (tertiary/aromatic N) is 3. The Morgan fingerprint density at radius 2 is 2.21 bits per heavy atom. The highest BCUT2D eigenvalue weighted by Crippen LogP contribution is 2.24. The molecule has 0 saturated carbocycles. The van der Waals surface area contributed by atoms with Crippen LogP contribution in [0.3, 0.4) is 0 Å². The van der Waals surface area contributed by atoms with Crippen molar-refractivity contribution in [3.63, 3.8) is 0 Å². The lowest BCUT2D eigenvalue weighted by atomic mass is 10.0. The number of furan rings is 1. The maximum atomic E-state index is 5.64.